The van der Waals surface area contributed by atoms with Gasteiger partial charge in [0.25, 0.3) is 0 Å². The van der Waals surface area contributed by atoms with Crippen molar-refractivity contribution in [3.8, 4) is 0 Å². The van der Waals surface area contributed by atoms with Crippen LogP contribution in [0.15, 0.2) is 16.6 Å². The summed E-state index contributed by atoms with van der Waals surface area (Å²) in [6.45, 7) is 12.5. The Morgan fingerprint density at radius 1 is 1.22 bits per heavy atom. The standard InChI is InChI=1S/C16H31NO/c1-6-18-16(5)11-13-17-12-10-15(4)9-7-8-14(2)3/h8,12,15-16H,6-7,9-11,13H2,1-5H3. The Labute approximate surface area is 114 Å². The average molecular weight is 253 g/mol. The molecule has 0 N–H and O–H groups in total. The molecule has 0 saturated heterocycles. The molecule has 0 bridgehead atoms. The van der Waals surface area contributed by atoms with Crippen LogP contribution in [-0.2, 0) is 4.74 Å². The van der Waals surface area contributed by atoms with Gasteiger partial charge in [-0.2, -0.15) is 0 Å². The average Bonchev–Trinajstić information content (AvgIpc) is 2.28. The molecule has 2 atom stereocenters. The number of allylic oxidation sites excluding steroid dienone is 2. The van der Waals surface area contributed by atoms with E-state index in [9.17, 15) is 0 Å². The van der Waals surface area contributed by atoms with Crippen molar-refractivity contribution in [2.75, 3.05) is 13.2 Å². The molecule has 0 aromatic rings. The lowest BCUT2D eigenvalue weighted by Crippen LogP contribution is -2.09. The molecule has 106 valence electrons. The first-order valence-electron chi connectivity index (χ1n) is 7.29. The van der Waals surface area contributed by atoms with Gasteiger partial charge in [0.05, 0.1) is 6.10 Å². The predicted octanol–water partition coefficient (Wildman–Crippen LogP) is 4.64. The predicted molar refractivity (Wildman–Crippen MR) is 81.5 cm³/mol. The molecule has 0 fully saturated rings. The third-order valence-electron chi connectivity index (χ3n) is 2.96. The van der Waals surface area contributed by atoms with E-state index in [2.05, 4.69) is 45.0 Å². The van der Waals surface area contributed by atoms with Crippen LogP contribution in [0.2, 0.25) is 0 Å². The molecule has 0 spiro atoms. The summed E-state index contributed by atoms with van der Waals surface area (Å²) in [4.78, 5) is 4.46. The second kappa shape index (κ2) is 11.5. The van der Waals surface area contributed by atoms with E-state index in [4.69, 9.17) is 4.74 Å². The normalized spacial score (nSPS) is 14.7. The quantitative estimate of drug-likeness (QED) is 0.410. The Morgan fingerprint density at radius 2 is 1.94 bits per heavy atom. The second-order valence-electron chi connectivity index (χ2n) is 5.34. The lowest BCUT2D eigenvalue weighted by molar-refractivity contribution is 0.0722. The van der Waals surface area contributed by atoms with Crippen LogP contribution in [-0.4, -0.2) is 25.5 Å². The van der Waals surface area contributed by atoms with Crippen molar-refractivity contribution in [3.63, 3.8) is 0 Å². The van der Waals surface area contributed by atoms with Crippen LogP contribution in [0.5, 0.6) is 0 Å². The molecule has 0 aliphatic carbocycles. The van der Waals surface area contributed by atoms with Crippen LogP contribution in [0.25, 0.3) is 0 Å². The van der Waals surface area contributed by atoms with Gasteiger partial charge in [-0.1, -0.05) is 18.6 Å². The van der Waals surface area contributed by atoms with Gasteiger partial charge >= 0.3 is 0 Å². The van der Waals surface area contributed by atoms with Crippen molar-refractivity contribution in [3.05, 3.63) is 11.6 Å². The van der Waals surface area contributed by atoms with Gasteiger partial charge in [0, 0.05) is 13.2 Å². The summed E-state index contributed by atoms with van der Waals surface area (Å²) in [6.07, 6.45) is 9.31. The molecule has 18 heavy (non-hydrogen) atoms. The van der Waals surface area contributed by atoms with Gasteiger partial charge < -0.3 is 4.74 Å². The van der Waals surface area contributed by atoms with Crippen LogP contribution >= 0.6 is 0 Å². The van der Waals surface area contributed by atoms with Crippen molar-refractivity contribution in [2.45, 2.75) is 66.4 Å². The summed E-state index contributed by atoms with van der Waals surface area (Å²) in [5, 5.41) is 0. The fraction of sp³-hybridized carbons (Fsp3) is 0.812. The molecule has 2 heteroatoms. The Hall–Kier alpha value is -0.630. The summed E-state index contributed by atoms with van der Waals surface area (Å²) in [5.74, 6) is 0.730. The fourth-order valence-electron chi connectivity index (χ4n) is 1.74. The molecule has 0 aromatic heterocycles. The first kappa shape index (κ1) is 17.4. The van der Waals surface area contributed by atoms with Crippen molar-refractivity contribution < 1.29 is 4.74 Å². The molecular weight excluding hydrogens is 222 g/mol. The van der Waals surface area contributed by atoms with Gasteiger partial charge in [-0.25, -0.2) is 0 Å². The Bertz CT molecular complexity index is 241. The molecule has 0 aliphatic heterocycles. The van der Waals surface area contributed by atoms with E-state index in [1.54, 1.807) is 0 Å². The van der Waals surface area contributed by atoms with Gasteiger partial charge in [-0.3, -0.25) is 4.99 Å². The van der Waals surface area contributed by atoms with Crippen molar-refractivity contribution in [1.29, 1.82) is 0 Å². The summed E-state index contributed by atoms with van der Waals surface area (Å²) in [7, 11) is 0. The fourth-order valence-corrected chi connectivity index (χ4v) is 1.74. The second-order valence-corrected chi connectivity index (χ2v) is 5.34. The van der Waals surface area contributed by atoms with Crippen LogP contribution in [0.3, 0.4) is 0 Å². The zero-order valence-corrected chi connectivity index (χ0v) is 12.9. The highest BCUT2D eigenvalue weighted by Gasteiger charge is 2.00. The highest BCUT2D eigenvalue weighted by Crippen LogP contribution is 2.10. The van der Waals surface area contributed by atoms with E-state index < -0.39 is 0 Å². The molecule has 0 saturated carbocycles. The molecule has 2 unspecified atom stereocenters. The Balaban J connectivity index is 3.53. The van der Waals surface area contributed by atoms with E-state index in [-0.39, 0.29) is 0 Å². The highest BCUT2D eigenvalue weighted by atomic mass is 16.5. The Morgan fingerprint density at radius 3 is 2.56 bits per heavy atom. The van der Waals surface area contributed by atoms with Gasteiger partial charge in [-0.15, -0.1) is 0 Å². The first-order chi connectivity index (χ1) is 8.56. The van der Waals surface area contributed by atoms with Gasteiger partial charge in [0.1, 0.15) is 0 Å². The number of aliphatic imine (C=N–C) groups is 1. The summed E-state index contributed by atoms with van der Waals surface area (Å²) in [6, 6.07) is 0. The molecule has 0 aliphatic rings. The molecule has 0 aromatic carbocycles. The third-order valence-corrected chi connectivity index (χ3v) is 2.96. The molecule has 2 nitrogen and oxygen atoms in total. The van der Waals surface area contributed by atoms with E-state index in [1.807, 2.05) is 6.92 Å². The minimum absolute atomic E-state index is 0.335. The van der Waals surface area contributed by atoms with Crippen LogP contribution in [0.1, 0.15) is 60.3 Å². The Kier molecular flexibility index (Phi) is 11.1. The van der Waals surface area contributed by atoms with Gasteiger partial charge in [0.15, 0.2) is 0 Å². The summed E-state index contributed by atoms with van der Waals surface area (Å²) >= 11 is 0. The van der Waals surface area contributed by atoms with Crippen molar-refractivity contribution >= 4 is 6.21 Å². The molecular formula is C16H31NO. The number of ether oxygens (including phenoxy) is 1. The lowest BCUT2D eigenvalue weighted by Gasteiger charge is -2.09. The maximum absolute atomic E-state index is 5.46. The first-order valence-corrected chi connectivity index (χ1v) is 7.29. The number of rotatable bonds is 10. The summed E-state index contributed by atoms with van der Waals surface area (Å²) < 4.78 is 5.46. The van der Waals surface area contributed by atoms with Crippen molar-refractivity contribution in [2.24, 2.45) is 10.9 Å². The molecule has 0 heterocycles. The highest BCUT2D eigenvalue weighted by molar-refractivity contribution is 5.57. The third kappa shape index (κ3) is 11.8. The number of hydrogen-bond acceptors (Lipinski definition) is 2. The SMILES string of the molecule is CCOC(C)CCN=CCC(C)CCC=C(C)C. The van der Waals surface area contributed by atoms with E-state index in [1.165, 1.54) is 18.4 Å². The lowest BCUT2D eigenvalue weighted by atomic mass is 10.0. The van der Waals surface area contributed by atoms with E-state index >= 15 is 0 Å². The monoisotopic (exact) mass is 253 g/mol. The number of nitrogens with zero attached hydrogens (tertiary/aromatic N) is 1. The molecule has 0 radical (unpaired) electrons. The maximum atomic E-state index is 5.46. The van der Waals surface area contributed by atoms with Crippen LogP contribution < -0.4 is 0 Å². The molecule has 0 rings (SSSR count). The maximum Gasteiger partial charge on any atom is 0.0564 e. The van der Waals surface area contributed by atoms with Crippen molar-refractivity contribution in [1.82, 2.24) is 0 Å². The smallest absolute Gasteiger partial charge is 0.0564 e. The minimum atomic E-state index is 0.335. The zero-order valence-electron chi connectivity index (χ0n) is 12.9. The molecule has 0 amide bonds. The van der Waals surface area contributed by atoms with Crippen LogP contribution in [0.4, 0.5) is 0 Å². The minimum Gasteiger partial charge on any atom is -0.379 e. The van der Waals surface area contributed by atoms with Gasteiger partial charge in [0.2, 0.25) is 0 Å². The van der Waals surface area contributed by atoms with E-state index in [0.717, 1.165) is 31.9 Å². The zero-order chi connectivity index (χ0) is 13.8. The van der Waals surface area contributed by atoms with Crippen LogP contribution in [0, 0.1) is 5.92 Å². The topological polar surface area (TPSA) is 21.6 Å². The van der Waals surface area contributed by atoms with E-state index in [0.29, 0.717) is 6.10 Å². The number of hydrogen-bond donors (Lipinski definition) is 0. The largest absolute Gasteiger partial charge is 0.379 e. The summed E-state index contributed by atoms with van der Waals surface area (Å²) in [5.41, 5.74) is 1.42. The van der Waals surface area contributed by atoms with Gasteiger partial charge in [-0.05, 0) is 65.5 Å².